The zero-order chi connectivity index (χ0) is 17.2. The molecule has 138 valence electrons. The van der Waals surface area contributed by atoms with E-state index in [0.29, 0.717) is 13.0 Å². The van der Waals surface area contributed by atoms with Crippen molar-refractivity contribution in [2.45, 2.75) is 32.6 Å². The topological polar surface area (TPSA) is 70.2 Å². The summed E-state index contributed by atoms with van der Waals surface area (Å²) in [6.45, 7) is 4.37. The quantitative estimate of drug-likeness (QED) is 0.672. The minimum Gasteiger partial charge on any atom is -0.355 e. The molecule has 2 amide bonds. The van der Waals surface area contributed by atoms with Gasteiger partial charge in [0.05, 0.1) is 0 Å². The summed E-state index contributed by atoms with van der Waals surface area (Å²) in [5.74, 6) is 0.189. The highest BCUT2D eigenvalue weighted by Gasteiger charge is 2.57. The smallest absolute Gasteiger partial charge is 0.226 e. The molecule has 3 rings (SSSR count). The second-order valence-corrected chi connectivity index (χ2v) is 7.83. The molecule has 2 aliphatic rings. The van der Waals surface area contributed by atoms with Gasteiger partial charge in [0.15, 0.2) is 0 Å². The summed E-state index contributed by atoms with van der Waals surface area (Å²) >= 11 is 3.41. The number of rotatable bonds is 5. The lowest BCUT2D eigenvalue weighted by atomic mass is 9.92. The number of amides is 2. The van der Waals surface area contributed by atoms with Crippen molar-refractivity contribution in [2.75, 3.05) is 25.0 Å². The minimum atomic E-state index is -0.0758. The summed E-state index contributed by atoms with van der Waals surface area (Å²) in [5.41, 5.74) is 2.06. The molecule has 0 bridgehead atoms. The Morgan fingerprint density at radius 3 is 2.72 bits per heavy atom. The molecular formula is C18H25BrClN3O2. The van der Waals surface area contributed by atoms with Gasteiger partial charge in [-0.25, -0.2) is 0 Å². The van der Waals surface area contributed by atoms with Gasteiger partial charge in [-0.2, -0.15) is 0 Å². The van der Waals surface area contributed by atoms with Crippen LogP contribution in [-0.2, 0) is 9.59 Å². The summed E-state index contributed by atoms with van der Waals surface area (Å²) < 4.78 is 0.988. The van der Waals surface area contributed by atoms with Gasteiger partial charge < -0.3 is 16.0 Å². The Kier molecular flexibility index (Phi) is 6.88. The van der Waals surface area contributed by atoms with E-state index in [1.807, 2.05) is 25.1 Å². The predicted octanol–water partition coefficient (Wildman–Crippen LogP) is 3.01. The maximum atomic E-state index is 12.2. The van der Waals surface area contributed by atoms with Gasteiger partial charge in [0.2, 0.25) is 11.8 Å². The largest absolute Gasteiger partial charge is 0.355 e. The van der Waals surface area contributed by atoms with E-state index in [1.54, 1.807) is 0 Å². The van der Waals surface area contributed by atoms with Crippen molar-refractivity contribution in [3.05, 3.63) is 28.2 Å². The van der Waals surface area contributed by atoms with Crippen LogP contribution in [0.15, 0.2) is 22.7 Å². The van der Waals surface area contributed by atoms with Crippen LogP contribution in [0.4, 0.5) is 5.69 Å². The van der Waals surface area contributed by atoms with Crippen LogP contribution in [0.5, 0.6) is 0 Å². The van der Waals surface area contributed by atoms with Crippen LogP contribution in [0.3, 0.4) is 0 Å². The van der Waals surface area contributed by atoms with Gasteiger partial charge in [-0.1, -0.05) is 15.9 Å². The minimum absolute atomic E-state index is 0. The average molecular weight is 431 g/mol. The Balaban J connectivity index is 0.00000225. The Bertz CT molecular complexity index is 647. The maximum Gasteiger partial charge on any atom is 0.226 e. The highest BCUT2D eigenvalue weighted by atomic mass is 79.9. The molecule has 0 radical (unpaired) electrons. The zero-order valence-corrected chi connectivity index (χ0v) is 16.8. The number of aryl methyl sites for hydroxylation is 1. The van der Waals surface area contributed by atoms with Crippen molar-refractivity contribution in [2.24, 2.45) is 11.3 Å². The molecule has 3 N–H and O–H groups in total. The van der Waals surface area contributed by atoms with E-state index in [0.717, 1.165) is 48.1 Å². The molecular weight excluding hydrogens is 406 g/mol. The molecule has 2 fully saturated rings. The van der Waals surface area contributed by atoms with E-state index in [-0.39, 0.29) is 35.6 Å². The normalized spacial score (nSPS) is 20.5. The van der Waals surface area contributed by atoms with E-state index in [9.17, 15) is 9.59 Å². The molecule has 1 saturated carbocycles. The fourth-order valence-electron chi connectivity index (χ4n) is 3.60. The third kappa shape index (κ3) is 4.96. The third-order valence-corrected chi connectivity index (χ3v) is 5.71. The molecule has 1 aromatic rings. The fourth-order valence-corrected chi connectivity index (χ4v) is 4.07. The summed E-state index contributed by atoms with van der Waals surface area (Å²) in [7, 11) is 0. The number of nitrogens with one attached hydrogen (secondary N) is 3. The Morgan fingerprint density at radius 1 is 1.32 bits per heavy atom. The van der Waals surface area contributed by atoms with E-state index >= 15 is 0 Å². The van der Waals surface area contributed by atoms with Crippen molar-refractivity contribution >= 4 is 45.8 Å². The van der Waals surface area contributed by atoms with Gasteiger partial charge in [-0.3, -0.25) is 9.59 Å². The average Bonchev–Trinajstić information content (AvgIpc) is 3.24. The van der Waals surface area contributed by atoms with Crippen LogP contribution >= 0.6 is 28.3 Å². The molecule has 1 aliphatic carbocycles. The third-order valence-electron chi connectivity index (χ3n) is 5.22. The lowest BCUT2D eigenvalue weighted by molar-refractivity contribution is -0.123. The van der Waals surface area contributed by atoms with Crippen molar-refractivity contribution in [3.8, 4) is 0 Å². The molecule has 1 saturated heterocycles. The van der Waals surface area contributed by atoms with Crippen molar-refractivity contribution in [1.82, 2.24) is 10.6 Å². The SMILES string of the molecule is Cc1cc(Br)ccc1NC(=O)CCNC(=O)C1CC12CCNCC2.Cl. The Morgan fingerprint density at radius 2 is 2.04 bits per heavy atom. The van der Waals surface area contributed by atoms with Gasteiger partial charge in [0.1, 0.15) is 0 Å². The van der Waals surface area contributed by atoms with Crippen LogP contribution in [0.25, 0.3) is 0 Å². The lowest BCUT2D eigenvalue weighted by Gasteiger charge is -2.23. The summed E-state index contributed by atoms with van der Waals surface area (Å²) in [5, 5.41) is 9.16. The van der Waals surface area contributed by atoms with Crippen LogP contribution in [-0.4, -0.2) is 31.4 Å². The predicted molar refractivity (Wildman–Crippen MR) is 105 cm³/mol. The highest BCUT2D eigenvalue weighted by Crippen LogP contribution is 2.58. The molecule has 1 heterocycles. The maximum absolute atomic E-state index is 12.2. The molecule has 7 heteroatoms. The van der Waals surface area contributed by atoms with Gasteiger partial charge in [-0.05, 0) is 68.5 Å². The van der Waals surface area contributed by atoms with Gasteiger partial charge in [-0.15, -0.1) is 12.4 Å². The number of hydrogen-bond donors (Lipinski definition) is 3. The van der Waals surface area contributed by atoms with Gasteiger partial charge in [0, 0.05) is 29.0 Å². The van der Waals surface area contributed by atoms with E-state index in [2.05, 4.69) is 31.9 Å². The lowest BCUT2D eigenvalue weighted by Crippen LogP contribution is -2.34. The number of halogens is 2. The Hall–Kier alpha value is -1.11. The first kappa shape index (κ1) is 20.2. The molecule has 0 aromatic heterocycles. The molecule has 1 spiro atoms. The van der Waals surface area contributed by atoms with Crippen molar-refractivity contribution < 1.29 is 9.59 Å². The first-order chi connectivity index (χ1) is 11.5. The number of piperidine rings is 1. The first-order valence-corrected chi connectivity index (χ1v) is 9.34. The van der Waals surface area contributed by atoms with E-state index in [1.165, 1.54) is 0 Å². The molecule has 1 aliphatic heterocycles. The van der Waals surface area contributed by atoms with E-state index in [4.69, 9.17) is 0 Å². The number of carbonyl (C=O) groups is 2. The number of hydrogen-bond acceptors (Lipinski definition) is 3. The van der Waals surface area contributed by atoms with Crippen molar-refractivity contribution in [1.29, 1.82) is 0 Å². The van der Waals surface area contributed by atoms with Crippen LogP contribution in [0.1, 0.15) is 31.2 Å². The van der Waals surface area contributed by atoms with E-state index < -0.39 is 0 Å². The number of benzene rings is 1. The second kappa shape index (κ2) is 8.52. The second-order valence-electron chi connectivity index (χ2n) is 6.92. The molecule has 1 atom stereocenters. The molecule has 25 heavy (non-hydrogen) atoms. The van der Waals surface area contributed by atoms with Crippen LogP contribution < -0.4 is 16.0 Å². The first-order valence-electron chi connectivity index (χ1n) is 8.55. The van der Waals surface area contributed by atoms with Crippen LogP contribution in [0, 0.1) is 18.3 Å². The molecule has 1 aromatic carbocycles. The number of carbonyl (C=O) groups excluding carboxylic acids is 2. The number of anilines is 1. The van der Waals surface area contributed by atoms with Gasteiger partial charge in [0.25, 0.3) is 0 Å². The monoisotopic (exact) mass is 429 g/mol. The van der Waals surface area contributed by atoms with Crippen LogP contribution in [0.2, 0.25) is 0 Å². The standard InChI is InChI=1S/C18H24BrN3O2.ClH/c1-12-10-13(19)2-3-15(12)22-16(23)4-7-21-17(24)14-11-18(14)5-8-20-9-6-18;/h2-3,10,14,20H,4-9,11H2,1H3,(H,21,24)(H,22,23);1H. The molecule has 1 unspecified atom stereocenters. The summed E-state index contributed by atoms with van der Waals surface area (Å²) in [6, 6.07) is 5.74. The zero-order valence-electron chi connectivity index (χ0n) is 14.4. The summed E-state index contributed by atoms with van der Waals surface area (Å²) in [4.78, 5) is 24.3. The fraction of sp³-hybridized carbons (Fsp3) is 0.556. The summed E-state index contributed by atoms with van der Waals surface area (Å²) in [6.07, 6.45) is 3.48. The van der Waals surface area contributed by atoms with Crippen molar-refractivity contribution in [3.63, 3.8) is 0 Å². The Labute approximate surface area is 163 Å². The van der Waals surface area contributed by atoms with Gasteiger partial charge >= 0.3 is 0 Å². The molecule has 5 nitrogen and oxygen atoms in total. The highest BCUT2D eigenvalue weighted by molar-refractivity contribution is 9.10.